The molecule has 2 heterocycles. The van der Waals surface area contributed by atoms with Gasteiger partial charge in [-0.1, -0.05) is 18.2 Å². The van der Waals surface area contributed by atoms with Gasteiger partial charge in [-0.05, 0) is 67.4 Å². The second-order valence-corrected chi connectivity index (χ2v) is 9.90. The third-order valence-corrected chi connectivity index (χ3v) is 7.77. The van der Waals surface area contributed by atoms with Crippen LogP contribution in [0.25, 0.3) is 22.6 Å². The summed E-state index contributed by atoms with van der Waals surface area (Å²) in [5, 5.41) is 2.87. The summed E-state index contributed by atoms with van der Waals surface area (Å²) >= 11 is 0. The van der Waals surface area contributed by atoms with Crippen molar-refractivity contribution in [1.29, 1.82) is 0 Å². The minimum atomic E-state index is -3.82. The van der Waals surface area contributed by atoms with Crippen molar-refractivity contribution in [3.8, 4) is 17.2 Å². The molecule has 1 unspecified atom stereocenters. The van der Waals surface area contributed by atoms with Gasteiger partial charge in [-0.15, -0.1) is 0 Å². The first-order valence-electron chi connectivity index (χ1n) is 10.9. The van der Waals surface area contributed by atoms with E-state index in [1.54, 1.807) is 30.3 Å². The average Bonchev–Trinajstić information content (AvgIpc) is 3.52. The Morgan fingerprint density at radius 2 is 1.88 bits per heavy atom. The molecule has 1 N–H and O–H groups in total. The predicted octanol–water partition coefficient (Wildman–Crippen LogP) is 4.30. The molecule has 3 aromatic carbocycles. The van der Waals surface area contributed by atoms with E-state index in [9.17, 15) is 13.2 Å². The Bertz CT molecular complexity index is 1410. The Hall–Kier alpha value is -3.69. The molecule has 1 atom stereocenters. The number of aromatic nitrogens is 1. The molecule has 174 valence electrons. The number of fused-ring (bicyclic) bond motifs is 1. The predicted molar refractivity (Wildman–Crippen MR) is 128 cm³/mol. The van der Waals surface area contributed by atoms with E-state index in [1.165, 1.54) is 23.5 Å². The molecule has 0 bridgehead atoms. The van der Waals surface area contributed by atoms with Crippen molar-refractivity contribution in [1.82, 2.24) is 9.29 Å². The summed E-state index contributed by atoms with van der Waals surface area (Å²) in [5.41, 5.74) is 2.68. The number of hydrogen-bond acceptors (Lipinski definition) is 6. The zero-order valence-electron chi connectivity index (χ0n) is 18.5. The topological polar surface area (TPSA) is 102 Å². The van der Waals surface area contributed by atoms with Crippen LogP contribution in [0, 0.1) is 0 Å². The molecule has 0 spiro atoms. The number of carbonyl (C=O) groups excluding carboxylic acids is 1. The smallest absolute Gasteiger partial charge is 0.243 e. The van der Waals surface area contributed by atoms with E-state index >= 15 is 0 Å². The molecule has 34 heavy (non-hydrogen) atoms. The Morgan fingerprint density at radius 3 is 2.65 bits per heavy atom. The van der Waals surface area contributed by atoms with Crippen LogP contribution in [0.15, 0.2) is 82.1 Å². The van der Waals surface area contributed by atoms with Crippen molar-refractivity contribution in [2.24, 2.45) is 0 Å². The van der Waals surface area contributed by atoms with E-state index in [4.69, 9.17) is 9.15 Å². The average molecular weight is 478 g/mol. The minimum Gasteiger partial charge on any atom is -0.497 e. The summed E-state index contributed by atoms with van der Waals surface area (Å²) in [6.07, 6.45) is 1.06. The lowest BCUT2D eigenvalue weighted by Crippen LogP contribution is -2.43. The summed E-state index contributed by atoms with van der Waals surface area (Å²) in [6.45, 7) is 0.287. The summed E-state index contributed by atoms with van der Waals surface area (Å²) in [7, 11) is -2.31. The van der Waals surface area contributed by atoms with Crippen molar-refractivity contribution in [2.45, 2.75) is 23.8 Å². The van der Waals surface area contributed by atoms with Gasteiger partial charge in [0.2, 0.25) is 21.8 Å². The lowest BCUT2D eigenvalue weighted by atomic mass is 10.1. The Morgan fingerprint density at radius 1 is 1.09 bits per heavy atom. The maximum atomic E-state index is 13.2. The van der Waals surface area contributed by atoms with Crippen LogP contribution in [0.3, 0.4) is 0 Å². The number of carbonyl (C=O) groups is 1. The van der Waals surface area contributed by atoms with Crippen LogP contribution in [0.2, 0.25) is 0 Å². The molecule has 4 aromatic rings. The monoisotopic (exact) mass is 477 g/mol. The van der Waals surface area contributed by atoms with Crippen molar-refractivity contribution in [3.63, 3.8) is 0 Å². The second-order valence-electron chi connectivity index (χ2n) is 8.01. The van der Waals surface area contributed by atoms with Gasteiger partial charge in [0, 0.05) is 17.8 Å². The normalized spacial score (nSPS) is 16.6. The van der Waals surface area contributed by atoms with Gasteiger partial charge < -0.3 is 14.5 Å². The van der Waals surface area contributed by atoms with Crippen LogP contribution in [0.5, 0.6) is 5.75 Å². The molecule has 1 saturated heterocycles. The Labute approximate surface area is 197 Å². The van der Waals surface area contributed by atoms with E-state index in [0.717, 1.165) is 5.52 Å². The zero-order valence-corrected chi connectivity index (χ0v) is 19.3. The summed E-state index contributed by atoms with van der Waals surface area (Å²) in [5.74, 6) is 0.639. The van der Waals surface area contributed by atoms with E-state index in [2.05, 4.69) is 10.3 Å². The Kier molecular flexibility index (Phi) is 5.80. The standard InChI is InChI=1S/C25H23N3O5S/c1-32-19-11-13-20(14-12-19)34(30,31)28-15-5-9-22(28)24(29)26-18-7-4-6-17(16-18)25-27-21-8-2-3-10-23(21)33-25/h2-4,6-8,10-14,16,22H,5,9,15H2,1H3,(H,26,29). The molecule has 0 saturated carbocycles. The number of nitrogens with zero attached hydrogens (tertiary/aromatic N) is 2. The summed E-state index contributed by atoms with van der Waals surface area (Å²) < 4.78 is 38.6. The number of ether oxygens (including phenoxy) is 1. The summed E-state index contributed by atoms with van der Waals surface area (Å²) in [4.78, 5) is 17.7. The second kappa shape index (κ2) is 8.92. The van der Waals surface area contributed by atoms with Crippen LogP contribution >= 0.6 is 0 Å². The van der Waals surface area contributed by atoms with Crippen molar-refractivity contribution in [2.75, 3.05) is 19.0 Å². The molecule has 1 fully saturated rings. The van der Waals surface area contributed by atoms with Gasteiger partial charge in [-0.2, -0.15) is 4.31 Å². The molecule has 0 radical (unpaired) electrons. The van der Waals surface area contributed by atoms with Crippen molar-refractivity contribution >= 4 is 32.7 Å². The molecular weight excluding hydrogens is 454 g/mol. The molecule has 8 nitrogen and oxygen atoms in total. The maximum Gasteiger partial charge on any atom is 0.243 e. The highest BCUT2D eigenvalue weighted by Crippen LogP contribution is 2.29. The van der Waals surface area contributed by atoms with Gasteiger partial charge in [0.05, 0.1) is 12.0 Å². The van der Waals surface area contributed by atoms with Crippen LogP contribution in [-0.4, -0.2) is 43.3 Å². The molecule has 1 aliphatic heterocycles. The van der Waals surface area contributed by atoms with E-state index in [0.29, 0.717) is 41.3 Å². The van der Waals surface area contributed by atoms with Crippen molar-refractivity contribution in [3.05, 3.63) is 72.8 Å². The lowest BCUT2D eigenvalue weighted by Gasteiger charge is -2.23. The highest BCUT2D eigenvalue weighted by Gasteiger charge is 2.39. The number of anilines is 1. The molecular formula is C25H23N3O5S. The van der Waals surface area contributed by atoms with Crippen LogP contribution in [-0.2, 0) is 14.8 Å². The Balaban J connectivity index is 1.35. The number of nitrogens with one attached hydrogen (secondary N) is 1. The molecule has 1 aromatic heterocycles. The quantitative estimate of drug-likeness (QED) is 0.444. The number of hydrogen-bond donors (Lipinski definition) is 1. The van der Waals surface area contributed by atoms with E-state index in [1.807, 2.05) is 30.3 Å². The van der Waals surface area contributed by atoms with Crippen LogP contribution in [0.4, 0.5) is 5.69 Å². The van der Waals surface area contributed by atoms with E-state index in [-0.39, 0.29) is 17.3 Å². The first kappa shape index (κ1) is 22.1. The SMILES string of the molecule is COc1ccc(S(=O)(=O)N2CCCC2C(=O)Nc2cccc(-c3nc4ccccc4o3)c2)cc1. The first-order chi connectivity index (χ1) is 16.5. The van der Waals surface area contributed by atoms with Crippen LogP contribution < -0.4 is 10.1 Å². The molecule has 1 amide bonds. The number of sulfonamides is 1. The maximum absolute atomic E-state index is 13.2. The molecule has 1 aliphatic rings. The zero-order chi connectivity index (χ0) is 23.7. The number of rotatable bonds is 6. The molecule has 9 heteroatoms. The van der Waals surface area contributed by atoms with Gasteiger partial charge in [0.1, 0.15) is 17.3 Å². The molecule has 0 aliphatic carbocycles. The number of para-hydroxylation sites is 2. The number of amides is 1. The lowest BCUT2D eigenvalue weighted by molar-refractivity contribution is -0.119. The fraction of sp³-hybridized carbons (Fsp3) is 0.200. The molecule has 5 rings (SSSR count). The largest absolute Gasteiger partial charge is 0.497 e. The summed E-state index contributed by atoms with van der Waals surface area (Å²) in [6, 6.07) is 20.0. The van der Waals surface area contributed by atoms with Gasteiger partial charge in [-0.25, -0.2) is 13.4 Å². The van der Waals surface area contributed by atoms with E-state index < -0.39 is 16.1 Å². The third-order valence-electron chi connectivity index (χ3n) is 5.84. The van der Waals surface area contributed by atoms with Crippen molar-refractivity contribution < 1.29 is 22.4 Å². The first-order valence-corrected chi connectivity index (χ1v) is 12.3. The highest BCUT2D eigenvalue weighted by molar-refractivity contribution is 7.89. The van der Waals surface area contributed by atoms with Gasteiger partial charge >= 0.3 is 0 Å². The minimum absolute atomic E-state index is 0.131. The van der Waals surface area contributed by atoms with Gasteiger partial charge in [0.15, 0.2) is 5.58 Å². The number of oxazole rings is 1. The van der Waals surface area contributed by atoms with Gasteiger partial charge in [-0.3, -0.25) is 4.79 Å². The van der Waals surface area contributed by atoms with Crippen LogP contribution in [0.1, 0.15) is 12.8 Å². The third kappa shape index (κ3) is 4.15. The fourth-order valence-corrected chi connectivity index (χ4v) is 5.78. The number of methoxy groups -OCH3 is 1. The fourth-order valence-electron chi connectivity index (χ4n) is 4.12. The number of benzene rings is 3. The highest BCUT2D eigenvalue weighted by atomic mass is 32.2. The van der Waals surface area contributed by atoms with Gasteiger partial charge in [0.25, 0.3) is 0 Å².